The normalized spacial score (nSPS) is 17.7. The zero-order valence-electron chi connectivity index (χ0n) is 8.35. The number of rotatable bonds is 1. The molecule has 7 heteroatoms. The fourth-order valence-corrected chi connectivity index (χ4v) is 2.15. The maximum absolute atomic E-state index is 13.4. The molecule has 1 heterocycles. The molecular formula is C10H7F4IO2. The second-order valence-corrected chi connectivity index (χ2v) is 4.60. The third-order valence-electron chi connectivity index (χ3n) is 2.25. The van der Waals surface area contributed by atoms with Crippen LogP contribution < -0.4 is 0 Å². The summed E-state index contributed by atoms with van der Waals surface area (Å²) in [6.07, 6.45) is -5.57. The molecule has 17 heavy (non-hydrogen) atoms. The molecule has 0 N–H and O–H groups in total. The van der Waals surface area contributed by atoms with Gasteiger partial charge in [0.2, 0.25) is 0 Å². The Bertz CT molecular complexity index is 427. The highest BCUT2D eigenvalue weighted by Gasteiger charge is 2.36. The van der Waals surface area contributed by atoms with Crippen LogP contribution in [0.25, 0.3) is 0 Å². The van der Waals surface area contributed by atoms with E-state index in [2.05, 4.69) is 0 Å². The van der Waals surface area contributed by atoms with Crippen molar-refractivity contribution in [2.75, 3.05) is 13.2 Å². The molecule has 0 aromatic heterocycles. The minimum Gasteiger partial charge on any atom is -0.346 e. The summed E-state index contributed by atoms with van der Waals surface area (Å²) in [4.78, 5) is 0. The van der Waals surface area contributed by atoms with Gasteiger partial charge >= 0.3 is 6.18 Å². The van der Waals surface area contributed by atoms with Crippen LogP contribution in [0.5, 0.6) is 0 Å². The Morgan fingerprint density at radius 1 is 1.18 bits per heavy atom. The number of ether oxygens (including phenoxy) is 2. The summed E-state index contributed by atoms with van der Waals surface area (Å²) in [5, 5.41) is 0. The van der Waals surface area contributed by atoms with Crippen LogP contribution in [0.1, 0.15) is 17.4 Å². The zero-order chi connectivity index (χ0) is 12.6. The predicted octanol–water partition coefficient (Wildman–Crippen LogP) is 3.49. The topological polar surface area (TPSA) is 18.5 Å². The maximum Gasteiger partial charge on any atom is 0.419 e. The molecule has 0 atom stereocenters. The van der Waals surface area contributed by atoms with Crippen molar-refractivity contribution in [3.8, 4) is 0 Å². The van der Waals surface area contributed by atoms with Crippen molar-refractivity contribution in [2.24, 2.45) is 0 Å². The standard InChI is InChI=1S/C10H7F4IO2/c11-8-6(10(12,13)14)3-5(4-7(8)15)9-16-1-2-17-9/h3-4,9H,1-2H2. The molecule has 0 amide bonds. The molecule has 2 rings (SSSR count). The molecule has 2 nitrogen and oxygen atoms in total. The van der Waals surface area contributed by atoms with E-state index in [1.54, 1.807) is 0 Å². The Balaban J connectivity index is 2.45. The average molecular weight is 362 g/mol. The van der Waals surface area contributed by atoms with Crippen LogP contribution in [-0.4, -0.2) is 13.2 Å². The van der Waals surface area contributed by atoms with Crippen molar-refractivity contribution in [1.29, 1.82) is 0 Å². The van der Waals surface area contributed by atoms with Crippen LogP contribution in [0.2, 0.25) is 0 Å². The van der Waals surface area contributed by atoms with Crippen molar-refractivity contribution >= 4 is 22.6 Å². The Hall–Kier alpha value is -0.410. The van der Waals surface area contributed by atoms with Gasteiger partial charge in [-0.2, -0.15) is 13.2 Å². The van der Waals surface area contributed by atoms with Gasteiger partial charge in [-0.3, -0.25) is 0 Å². The van der Waals surface area contributed by atoms with Gasteiger partial charge in [0.25, 0.3) is 0 Å². The fraction of sp³-hybridized carbons (Fsp3) is 0.400. The molecule has 1 aliphatic heterocycles. The van der Waals surface area contributed by atoms with Crippen molar-refractivity contribution in [3.05, 3.63) is 32.6 Å². The van der Waals surface area contributed by atoms with Crippen molar-refractivity contribution in [2.45, 2.75) is 12.5 Å². The van der Waals surface area contributed by atoms with Crippen molar-refractivity contribution < 1.29 is 27.0 Å². The van der Waals surface area contributed by atoms with E-state index in [1.807, 2.05) is 0 Å². The lowest BCUT2D eigenvalue weighted by molar-refractivity contribution is -0.140. The number of hydrogen-bond acceptors (Lipinski definition) is 2. The monoisotopic (exact) mass is 362 g/mol. The minimum atomic E-state index is -4.72. The second kappa shape index (κ2) is 4.69. The second-order valence-electron chi connectivity index (χ2n) is 3.44. The van der Waals surface area contributed by atoms with Crippen LogP contribution in [0, 0.1) is 9.39 Å². The van der Waals surface area contributed by atoms with Crippen LogP contribution in [-0.2, 0) is 15.7 Å². The number of hydrogen-bond donors (Lipinski definition) is 0. The molecule has 0 spiro atoms. The maximum atomic E-state index is 13.4. The Labute approximate surface area is 108 Å². The Morgan fingerprint density at radius 2 is 1.76 bits per heavy atom. The fourth-order valence-electron chi connectivity index (χ4n) is 1.50. The molecule has 0 aliphatic carbocycles. The van der Waals surface area contributed by atoms with E-state index in [1.165, 1.54) is 28.7 Å². The summed E-state index contributed by atoms with van der Waals surface area (Å²) in [6.45, 7) is 0.639. The first-order chi connectivity index (χ1) is 7.89. The van der Waals surface area contributed by atoms with Crippen LogP contribution in [0.15, 0.2) is 12.1 Å². The van der Waals surface area contributed by atoms with Gasteiger partial charge < -0.3 is 9.47 Å². The Morgan fingerprint density at radius 3 is 2.29 bits per heavy atom. The highest BCUT2D eigenvalue weighted by molar-refractivity contribution is 14.1. The summed E-state index contributed by atoms with van der Waals surface area (Å²) >= 11 is 1.52. The Kier molecular flexibility index (Phi) is 3.60. The zero-order valence-corrected chi connectivity index (χ0v) is 10.5. The molecule has 1 saturated heterocycles. The van der Waals surface area contributed by atoms with Gasteiger partial charge in [0.05, 0.1) is 18.8 Å². The molecular weight excluding hydrogens is 355 g/mol. The quantitative estimate of drug-likeness (QED) is 0.563. The largest absolute Gasteiger partial charge is 0.419 e. The summed E-state index contributed by atoms with van der Waals surface area (Å²) in [5.74, 6) is -1.26. The number of halogens is 5. The first-order valence-electron chi connectivity index (χ1n) is 4.69. The first-order valence-corrected chi connectivity index (χ1v) is 5.77. The van der Waals surface area contributed by atoms with E-state index in [4.69, 9.17) is 9.47 Å². The van der Waals surface area contributed by atoms with Gasteiger partial charge in [0, 0.05) is 9.13 Å². The summed E-state index contributed by atoms with van der Waals surface area (Å²) in [6, 6.07) is 2.02. The van der Waals surface area contributed by atoms with E-state index in [0.717, 1.165) is 6.07 Å². The van der Waals surface area contributed by atoms with Crippen molar-refractivity contribution in [1.82, 2.24) is 0 Å². The molecule has 0 radical (unpaired) electrons. The van der Waals surface area contributed by atoms with E-state index in [9.17, 15) is 17.6 Å². The van der Waals surface area contributed by atoms with Crippen LogP contribution >= 0.6 is 22.6 Å². The molecule has 1 fully saturated rings. The first kappa shape index (κ1) is 13.0. The third kappa shape index (κ3) is 2.71. The molecule has 1 aliphatic rings. The average Bonchev–Trinajstić information content (AvgIpc) is 2.73. The van der Waals surface area contributed by atoms with E-state index in [0.29, 0.717) is 13.2 Å². The predicted molar refractivity (Wildman–Crippen MR) is 58.8 cm³/mol. The van der Waals surface area contributed by atoms with Crippen molar-refractivity contribution in [3.63, 3.8) is 0 Å². The minimum absolute atomic E-state index is 0.105. The lowest BCUT2D eigenvalue weighted by Crippen LogP contribution is -2.12. The molecule has 1 aromatic carbocycles. The van der Waals surface area contributed by atoms with E-state index < -0.39 is 23.8 Å². The summed E-state index contributed by atoms with van der Waals surface area (Å²) < 4.78 is 61.1. The lowest BCUT2D eigenvalue weighted by Gasteiger charge is -2.14. The van der Waals surface area contributed by atoms with Gasteiger partial charge in [-0.25, -0.2) is 4.39 Å². The molecule has 0 unspecified atom stereocenters. The van der Waals surface area contributed by atoms with E-state index in [-0.39, 0.29) is 9.13 Å². The molecule has 94 valence electrons. The van der Waals surface area contributed by atoms with Gasteiger partial charge in [-0.05, 0) is 34.7 Å². The molecule has 1 aromatic rings. The molecule has 0 bridgehead atoms. The number of alkyl halides is 3. The number of benzene rings is 1. The summed E-state index contributed by atoms with van der Waals surface area (Å²) in [7, 11) is 0. The third-order valence-corrected chi connectivity index (χ3v) is 3.03. The lowest BCUT2D eigenvalue weighted by atomic mass is 10.1. The SMILES string of the molecule is Fc1c(I)cc(C2OCCO2)cc1C(F)(F)F. The van der Waals surface area contributed by atoms with Gasteiger partial charge in [-0.15, -0.1) is 0 Å². The van der Waals surface area contributed by atoms with E-state index >= 15 is 0 Å². The van der Waals surface area contributed by atoms with Crippen LogP contribution in [0.3, 0.4) is 0 Å². The van der Waals surface area contributed by atoms with Gasteiger partial charge in [-0.1, -0.05) is 0 Å². The van der Waals surface area contributed by atoms with Gasteiger partial charge in [0.1, 0.15) is 5.82 Å². The summed E-state index contributed by atoms with van der Waals surface area (Å²) in [5.41, 5.74) is -1.11. The highest BCUT2D eigenvalue weighted by atomic mass is 127. The van der Waals surface area contributed by atoms with Gasteiger partial charge in [0.15, 0.2) is 6.29 Å². The molecule has 0 saturated carbocycles. The smallest absolute Gasteiger partial charge is 0.346 e. The highest BCUT2D eigenvalue weighted by Crippen LogP contribution is 2.36. The van der Waals surface area contributed by atoms with Crippen LogP contribution in [0.4, 0.5) is 17.6 Å².